The lowest BCUT2D eigenvalue weighted by atomic mass is 9.75. The van der Waals surface area contributed by atoms with E-state index in [9.17, 15) is 9.90 Å². The summed E-state index contributed by atoms with van der Waals surface area (Å²) in [4.78, 5) is 12.0. The van der Waals surface area contributed by atoms with E-state index >= 15 is 8.78 Å². The number of methoxy groups -OCH3 is 1. The lowest BCUT2D eigenvalue weighted by Crippen LogP contribution is -2.24. The van der Waals surface area contributed by atoms with E-state index < -0.39 is 23.1 Å². The minimum atomic E-state index is -0.856. The highest BCUT2D eigenvalue weighted by atomic mass is 19.1. The molecule has 0 bridgehead atoms. The van der Waals surface area contributed by atoms with E-state index in [1.807, 2.05) is 25.1 Å². The average Bonchev–Trinajstić information content (AvgIpc) is 3.34. The van der Waals surface area contributed by atoms with Crippen molar-refractivity contribution in [3.8, 4) is 22.6 Å². The van der Waals surface area contributed by atoms with Crippen LogP contribution in [0.4, 0.5) is 8.78 Å². The fourth-order valence-electron chi connectivity index (χ4n) is 8.08. The number of halogens is 2. The third-order valence-electron chi connectivity index (χ3n) is 10.3. The predicted octanol–water partition coefficient (Wildman–Crippen LogP) is 8.44. The average molecular weight is 561 g/mol. The maximum atomic E-state index is 16.1. The van der Waals surface area contributed by atoms with Gasteiger partial charge in [-0.15, -0.1) is 0 Å². The molecule has 2 fully saturated rings. The topological polar surface area (TPSA) is 55.8 Å². The zero-order chi connectivity index (χ0) is 29.1. The highest BCUT2D eigenvalue weighted by molar-refractivity contribution is 5.79. The van der Waals surface area contributed by atoms with Gasteiger partial charge in [-0.05, 0) is 95.9 Å². The van der Waals surface area contributed by atoms with E-state index in [1.165, 1.54) is 6.07 Å². The molecule has 3 aliphatic carbocycles. The second kappa shape index (κ2) is 10.1. The number of aliphatic carboxylic acids is 1. The number of benzene rings is 3. The number of carbonyl (C=O) groups is 1. The van der Waals surface area contributed by atoms with Crippen LogP contribution in [0.15, 0.2) is 48.5 Å². The van der Waals surface area contributed by atoms with Gasteiger partial charge in [0.15, 0.2) is 11.6 Å². The summed E-state index contributed by atoms with van der Waals surface area (Å²) in [6, 6.07) is 14.3. The number of hydrogen-bond acceptors (Lipinski definition) is 3. The van der Waals surface area contributed by atoms with Gasteiger partial charge in [-0.1, -0.05) is 51.5 Å². The van der Waals surface area contributed by atoms with E-state index in [0.717, 1.165) is 54.4 Å². The van der Waals surface area contributed by atoms with Gasteiger partial charge in [-0.25, -0.2) is 8.78 Å². The molecule has 0 saturated heterocycles. The van der Waals surface area contributed by atoms with Gasteiger partial charge < -0.3 is 14.6 Å². The number of aryl methyl sites for hydroxylation is 1. The van der Waals surface area contributed by atoms with Gasteiger partial charge in [0.2, 0.25) is 0 Å². The van der Waals surface area contributed by atoms with Crippen LogP contribution in [-0.4, -0.2) is 18.2 Å². The quantitative estimate of drug-likeness (QED) is 0.315. The molecular weight excluding hydrogens is 522 g/mol. The van der Waals surface area contributed by atoms with Crippen LogP contribution >= 0.6 is 0 Å². The Morgan fingerprint density at radius 2 is 1.83 bits per heavy atom. The Hall–Kier alpha value is -3.41. The molecule has 216 valence electrons. The Bertz CT molecular complexity index is 1510. The van der Waals surface area contributed by atoms with Crippen molar-refractivity contribution in [2.24, 2.45) is 17.3 Å². The monoisotopic (exact) mass is 560 g/mol. The number of rotatable bonds is 7. The zero-order valence-electron chi connectivity index (χ0n) is 24.2. The standard InChI is InChI=1S/C35H38F2O4/c1-20-30(33(38)39)35(20)16-5-7-22-10-14-29(32(37)31(22)35)41-19-21-9-12-24(26-18-23(40-4)11-13-28(26)36)25(17-21)27-8-6-15-34(27,2)3/h9-14,17-18,20,27,30H,5-8,15-16,19H2,1-4H3,(H,38,39). The summed E-state index contributed by atoms with van der Waals surface area (Å²) in [6.45, 7) is 6.60. The molecule has 2 saturated carbocycles. The molecule has 0 radical (unpaired) electrons. The zero-order valence-corrected chi connectivity index (χ0v) is 24.2. The highest BCUT2D eigenvalue weighted by Crippen LogP contribution is 2.66. The Kier molecular flexibility index (Phi) is 6.87. The van der Waals surface area contributed by atoms with Crippen LogP contribution in [0.25, 0.3) is 11.1 Å². The van der Waals surface area contributed by atoms with Crippen molar-refractivity contribution in [2.75, 3.05) is 7.11 Å². The van der Waals surface area contributed by atoms with Crippen LogP contribution in [0.5, 0.6) is 11.5 Å². The van der Waals surface area contributed by atoms with Crippen molar-refractivity contribution in [2.45, 2.75) is 77.2 Å². The van der Waals surface area contributed by atoms with Crippen LogP contribution in [0.3, 0.4) is 0 Å². The molecule has 6 rings (SSSR count). The third kappa shape index (κ3) is 4.50. The van der Waals surface area contributed by atoms with Crippen molar-refractivity contribution in [1.29, 1.82) is 0 Å². The first-order valence-corrected chi connectivity index (χ1v) is 14.7. The molecule has 0 amide bonds. The van der Waals surface area contributed by atoms with Crippen LogP contribution in [0, 0.1) is 28.9 Å². The van der Waals surface area contributed by atoms with E-state index in [2.05, 4.69) is 19.9 Å². The fraction of sp³-hybridized carbons (Fsp3) is 0.457. The van der Waals surface area contributed by atoms with Gasteiger partial charge in [-0.3, -0.25) is 4.79 Å². The smallest absolute Gasteiger partial charge is 0.307 e. The van der Waals surface area contributed by atoms with Gasteiger partial charge in [0.1, 0.15) is 18.2 Å². The summed E-state index contributed by atoms with van der Waals surface area (Å²) in [5.41, 5.74) is 4.15. The molecule has 4 nitrogen and oxygen atoms in total. The van der Waals surface area contributed by atoms with Crippen molar-refractivity contribution in [1.82, 2.24) is 0 Å². The molecule has 1 spiro atoms. The lowest BCUT2D eigenvalue weighted by molar-refractivity contribution is -0.139. The largest absolute Gasteiger partial charge is 0.497 e. The molecule has 3 aromatic rings. The van der Waals surface area contributed by atoms with Gasteiger partial charge in [-0.2, -0.15) is 0 Å². The number of hydrogen-bond donors (Lipinski definition) is 1. The first-order chi connectivity index (χ1) is 19.6. The second-order valence-corrected chi connectivity index (χ2v) is 12.9. The van der Waals surface area contributed by atoms with Gasteiger partial charge in [0, 0.05) is 16.5 Å². The molecule has 3 aromatic carbocycles. The lowest BCUT2D eigenvalue weighted by Gasteiger charge is -2.30. The SMILES string of the molecule is COc1ccc(F)c(-c2ccc(COc3ccc4c(c3F)C3(CCC4)C(C)C3C(=O)O)cc2C2CCCC2(C)C)c1. The highest BCUT2D eigenvalue weighted by Gasteiger charge is 2.68. The van der Waals surface area contributed by atoms with Crippen molar-refractivity contribution in [3.05, 3.63) is 82.4 Å². The number of fused-ring (bicyclic) bond motifs is 2. The van der Waals surface area contributed by atoms with Crippen molar-refractivity contribution >= 4 is 5.97 Å². The van der Waals surface area contributed by atoms with Crippen molar-refractivity contribution in [3.63, 3.8) is 0 Å². The molecular formula is C35H38F2O4. The molecule has 4 atom stereocenters. The Labute approximate surface area is 240 Å². The molecule has 3 aliphatic rings. The third-order valence-corrected chi connectivity index (χ3v) is 10.3. The summed E-state index contributed by atoms with van der Waals surface area (Å²) in [6.07, 6.45) is 5.51. The number of ether oxygens (including phenoxy) is 2. The summed E-state index contributed by atoms with van der Waals surface area (Å²) >= 11 is 0. The molecule has 41 heavy (non-hydrogen) atoms. The van der Waals surface area contributed by atoms with E-state index in [-0.39, 0.29) is 35.4 Å². The van der Waals surface area contributed by atoms with Crippen LogP contribution in [0.1, 0.15) is 81.0 Å². The summed E-state index contributed by atoms with van der Waals surface area (Å²) in [7, 11) is 1.58. The summed E-state index contributed by atoms with van der Waals surface area (Å²) < 4.78 is 42.7. The van der Waals surface area contributed by atoms with Gasteiger partial charge in [0.25, 0.3) is 0 Å². The first-order valence-electron chi connectivity index (χ1n) is 14.7. The predicted molar refractivity (Wildman–Crippen MR) is 154 cm³/mol. The Morgan fingerprint density at radius 3 is 2.51 bits per heavy atom. The van der Waals surface area contributed by atoms with E-state index in [1.54, 1.807) is 25.3 Å². The Balaban J connectivity index is 1.34. The minimum Gasteiger partial charge on any atom is -0.497 e. The van der Waals surface area contributed by atoms with E-state index in [4.69, 9.17) is 9.47 Å². The normalized spacial score (nSPS) is 26.0. The molecule has 0 heterocycles. The second-order valence-electron chi connectivity index (χ2n) is 12.9. The minimum absolute atomic E-state index is 0.0597. The number of carboxylic acid groups (broad SMARTS) is 1. The van der Waals surface area contributed by atoms with Crippen molar-refractivity contribution < 1.29 is 28.2 Å². The summed E-state index contributed by atoms with van der Waals surface area (Å²) in [5, 5.41) is 9.80. The molecule has 4 unspecified atom stereocenters. The van der Waals surface area contributed by atoms with Crippen LogP contribution in [0.2, 0.25) is 0 Å². The molecule has 0 aromatic heterocycles. The molecule has 6 heteroatoms. The van der Waals surface area contributed by atoms with E-state index in [0.29, 0.717) is 23.3 Å². The fourth-order valence-corrected chi connectivity index (χ4v) is 8.08. The maximum absolute atomic E-state index is 16.1. The summed E-state index contributed by atoms with van der Waals surface area (Å²) in [5.74, 6) is -1.26. The van der Waals surface area contributed by atoms with Crippen LogP contribution < -0.4 is 9.47 Å². The van der Waals surface area contributed by atoms with Gasteiger partial charge in [0.05, 0.1) is 13.0 Å². The Morgan fingerprint density at radius 1 is 1.02 bits per heavy atom. The molecule has 1 N–H and O–H groups in total. The van der Waals surface area contributed by atoms with Crippen LogP contribution in [-0.2, 0) is 23.2 Å². The maximum Gasteiger partial charge on any atom is 0.307 e. The number of carboxylic acids is 1. The van der Waals surface area contributed by atoms with Gasteiger partial charge >= 0.3 is 5.97 Å². The first kappa shape index (κ1) is 27.7. The molecule has 0 aliphatic heterocycles.